The Morgan fingerprint density at radius 3 is 2.45 bits per heavy atom. The molecule has 3 aromatic rings. The van der Waals surface area contributed by atoms with Gasteiger partial charge in [0.15, 0.2) is 0 Å². The Kier molecular flexibility index (Phi) is 4.80. The molecule has 0 spiro atoms. The maximum Gasteiger partial charge on any atom is 0.300 e. The average molecular weight is 407 g/mol. The third-order valence-electron chi connectivity index (χ3n) is 5.06. The highest BCUT2D eigenvalue weighted by Gasteiger charge is 2.47. The van der Waals surface area contributed by atoms with Gasteiger partial charge >= 0.3 is 0 Å². The van der Waals surface area contributed by atoms with Gasteiger partial charge in [0, 0.05) is 16.1 Å². The fraction of sp³-hybridized carbons (Fsp3) is 0.130. The molecule has 2 heterocycles. The van der Waals surface area contributed by atoms with Gasteiger partial charge in [-0.1, -0.05) is 24.3 Å². The molecule has 4 nitrogen and oxygen atoms in total. The monoisotopic (exact) mass is 407 g/mol. The molecule has 1 unspecified atom stereocenters. The number of amides is 1. The fourth-order valence-electron chi connectivity index (χ4n) is 3.58. The number of para-hydroxylation sites is 1. The van der Waals surface area contributed by atoms with Gasteiger partial charge in [0.25, 0.3) is 11.7 Å². The van der Waals surface area contributed by atoms with Crippen molar-refractivity contribution >= 4 is 34.5 Å². The summed E-state index contributed by atoms with van der Waals surface area (Å²) >= 11 is 1.40. The van der Waals surface area contributed by atoms with E-state index in [0.717, 1.165) is 10.4 Å². The van der Waals surface area contributed by atoms with Gasteiger partial charge in [0.05, 0.1) is 5.57 Å². The molecule has 0 saturated carbocycles. The van der Waals surface area contributed by atoms with Gasteiger partial charge in [-0.2, -0.15) is 0 Å². The van der Waals surface area contributed by atoms with Crippen LogP contribution in [-0.2, 0) is 9.59 Å². The number of aryl methyl sites for hydroxylation is 2. The molecule has 146 valence electrons. The molecule has 1 saturated heterocycles. The summed E-state index contributed by atoms with van der Waals surface area (Å²) in [6.07, 6.45) is 0. The van der Waals surface area contributed by atoms with E-state index in [1.807, 2.05) is 36.6 Å². The van der Waals surface area contributed by atoms with Crippen LogP contribution >= 0.6 is 11.3 Å². The lowest BCUT2D eigenvalue weighted by molar-refractivity contribution is -0.132. The van der Waals surface area contributed by atoms with Crippen LogP contribution in [0.25, 0.3) is 5.76 Å². The van der Waals surface area contributed by atoms with E-state index < -0.39 is 23.5 Å². The molecule has 29 heavy (non-hydrogen) atoms. The summed E-state index contributed by atoms with van der Waals surface area (Å²) in [4.78, 5) is 28.2. The van der Waals surface area contributed by atoms with Crippen LogP contribution in [0.15, 0.2) is 65.6 Å². The zero-order chi connectivity index (χ0) is 20.7. The molecule has 1 aliphatic rings. The Hall–Kier alpha value is -3.25. The lowest BCUT2D eigenvalue weighted by atomic mass is 9.98. The second-order valence-electron chi connectivity index (χ2n) is 6.93. The summed E-state index contributed by atoms with van der Waals surface area (Å²) < 4.78 is 13.7. The van der Waals surface area contributed by atoms with E-state index in [0.29, 0.717) is 16.8 Å². The number of hydrogen-bond acceptors (Lipinski definition) is 4. The topological polar surface area (TPSA) is 57.6 Å². The molecule has 1 N–H and O–H groups in total. The Balaban J connectivity index is 1.95. The van der Waals surface area contributed by atoms with Crippen LogP contribution in [-0.4, -0.2) is 16.8 Å². The summed E-state index contributed by atoms with van der Waals surface area (Å²) in [5.41, 5.74) is 2.10. The number of carbonyl (C=O) groups is 2. The van der Waals surface area contributed by atoms with Crippen molar-refractivity contribution in [2.24, 2.45) is 0 Å². The average Bonchev–Trinajstić information content (AvgIpc) is 3.32. The van der Waals surface area contributed by atoms with Gasteiger partial charge in [-0.05, 0) is 60.7 Å². The number of Topliss-reactive ketones (excluding diaryl/α,β-unsaturated/α-hetero) is 1. The van der Waals surface area contributed by atoms with Crippen LogP contribution in [0.2, 0.25) is 0 Å². The minimum atomic E-state index is -0.758. The number of carbonyl (C=O) groups excluding carboxylic acids is 2. The van der Waals surface area contributed by atoms with Crippen molar-refractivity contribution in [1.82, 2.24) is 0 Å². The normalized spacial score (nSPS) is 18.4. The van der Waals surface area contributed by atoms with Crippen molar-refractivity contribution < 1.29 is 19.1 Å². The molecule has 1 fully saturated rings. The molecule has 4 rings (SSSR count). The van der Waals surface area contributed by atoms with Crippen molar-refractivity contribution in [3.63, 3.8) is 0 Å². The zero-order valence-electron chi connectivity index (χ0n) is 15.8. The highest BCUT2D eigenvalue weighted by atomic mass is 32.1. The number of thiophene rings is 1. The summed E-state index contributed by atoms with van der Waals surface area (Å²) in [7, 11) is 0. The number of anilines is 1. The summed E-state index contributed by atoms with van der Waals surface area (Å²) in [5, 5.41) is 12.8. The SMILES string of the molecule is Cc1cc(/C(O)=C2/C(=O)C(=O)N(c3ccccc3C)C2c2cccs2)ccc1F. The molecule has 1 amide bonds. The number of hydrogen-bond donors (Lipinski definition) is 1. The third kappa shape index (κ3) is 3.15. The number of nitrogens with zero attached hydrogens (tertiary/aromatic N) is 1. The van der Waals surface area contributed by atoms with Crippen molar-refractivity contribution in [2.45, 2.75) is 19.9 Å². The maximum absolute atomic E-state index is 13.7. The van der Waals surface area contributed by atoms with Gasteiger partial charge in [0.1, 0.15) is 17.6 Å². The fourth-order valence-corrected chi connectivity index (χ4v) is 4.40. The van der Waals surface area contributed by atoms with Crippen LogP contribution in [0.5, 0.6) is 0 Å². The number of ketones is 1. The van der Waals surface area contributed by atoms with E-state index >= 15 is 0 Å². The molecule has 1 atom stereocenters. The first-order chi connectivity index (χ1) is 13.9. The summed E-state index contributed by atoms with van der Waals surface area (Å²) in [5.74, 6) is -2.16. The van der Waals surface area contributed by atoms with E-state index in [9.17, 15) is 19.1 Å². The van der Waals surface area contributed by atoms with Crippen LogP contribution < -0.4 is 4.90 Å². The number of aliphatic hydroxyl groups excluding tert-OH is 1. The molecular formula is C23H18FNO3S. The van der Waals surface area contributed by atoms with Crippen LogP contribution in [0.1, 0.15) is 27.6 Å². The lowest BCUT2D eigenvalue weighted by Gasteiger charge is -2.25. The first kappa shape index (κ1) is 19.1. The molecular weight excluding hydrogens is 389 g/mol. The van der Waals surface area contributed by atoms with Crippen molar-refractivity contribution in [2.75, 3.05) is 4.90 Å². The van der Waals surface area contributed by atoms with Gasteiger partial charge in [-0.3, -0.25) is 14.5 Å². The van der Waals surface area contributed by atoms with Crippen LogP contribution in [0.4, 0.5) is 10.1 Å². The first-order valence-electron chi connectivity index (χ1n) is 9.06. The number of aliphatic hydroxyl groups is 1. The lowest BCUT2D eigenvalue weighted by Crippen LogP contribution is -2.29. The molecule has 6 heteroatoms. The van der Waals surface area contributed by atoms with Crippen LogP contribution in [0.3, 0.4) is 0 Å². The first-order valence-corrected chi connectivity index (χ1v) is 9.94. The van der Waals surface area contributed by atoms with E-state index in [2.05, 4.69) is 0 Å². The highest BCUT2D eigenvalue weighted by molar-refractivity contribution is 7.10. The largest absolute Gasteiger partial charge is 0.507 e. The van der Waals surface area contributed by atoms with E-state index in [1.54, 1.807) is 19.1 Å². The van der Waals surface area contributed by atoms with Crippen molar-refractivity contribution in [3.05, 3.63) is 92.9 Å². The van der Waals surface area contributed by atoms with Gasteiger partial charge in [-0.15, -0.1) is 11.3 Å². The summed E-state index contributed by atoms with van der Waals surface area (Å²) in [6.45, 7) is 3.44. The molecule has 2 aromatic carbocycles. The Bertz CT molecular complexity index is 1150. The van der Waals surface area contributed by atoms with Gasteiger partial charge in [0.2, 0.25) is 0 Å². The molecule has 0 bridgehead atoms. The minimum absolute atomic E-state index is 0.00621. The Morgan fingerprint density at radius 2 is 1.79 bits per heavy atom. The molecule has 0 radical (unpaired) electrons. The number of benzene rings is 2. The Labute approximate surface area is 171 Å². The predicted octanol–water partition coefficient (Wildman–Crippen LogP) is 5.13. The van der Waals surface area contributed by atoms with Crippen LogP contribution in [0, 0.1) is 19.7 Å². The number of halogens is 1. The maximum atomic E-state index is 13.7. The quantitative estimate of drug-likeness (QED) is 0.372. The van der Waals surface area contributed by atoms with Gasteiger partial charge in [-0.25, -0.2) is 4.39 Å². The second-order valence-corrected chi connectivity index (χ2v) is 7.91. The standard InChI is InChI=1S/C23H18FNO3S/c1-13-6-3-4-7-17(13)25-20(18-8-5-11-29-18)19(22(27)23(25)28)21(26)15-9-10-16(24)14(2)12-15/h3-12,20,26H,1-2H3/b21-19-. The highest BCUT2D eigenvalue weighted by Crippen LogP contribution is 2.44. The van der Waals surface area contributed by atoms with E-state index in [1.165, 1.54) is 34.4 Å². The molecule has 1 aliphatic heterocycles. The molecule has 1 aromatic heterocycles. The van der Waals surface area contributed by atoms with Gasteiger partial charge < -0.3 is 5.11 Å². The van der Waals surface area contributed by atoms with E-state index in [-0.39, 0.29) is 11.3 Å². The van der Waals surface area contributed by atoms with E-state index in [4.69, 9.17) is 0 Å². The predicted molar refractivity (Wildman–Crippen MR) is 111 cm³/mol. The minimum Gasteiger partial charge on any atom is -0.507 e. The third-order valence-corrected chi connectivity index (χ3v) is 5.99. The Morgan fingerprint density at radius 1 is 1.03 bits per heavy atom. The van der Waals surface area contributed by atoms with Crippen molar-refractivity contribution in [1.29, 1.82) is 0 Å². The molecule has 0 aliphatic carbocycles. The van der Waals surface area contributed by atoms with Crippen molar-refractivity contribution in [3.8, 4) is 0 Å². The number of rotatable bonds is 3. The zero-order valence-corrected chi connectivity index (χ0v) is 16.7. The second kappa shape index (κ2) is 7.29. The smallest absolute Gasteiger partial charge is 0.300 e. The summed E-state index contributed by atoms with van der Waals surface area (Å²) in [6, 6.07) is 14.3.